The molecule has 122 valence electrons. The van der Waals surface area contributed by atoms with E-state index in [1.54, 1.807) is 0 Å². The lowest BCUT2D eigenvalue weighted by molar-refractivity contribution is 0.334. The van der Waals surface area contributed by atoms with E-state index < -0.39 is 0 Å². The molecule has 0 atom stereocenters. The minimum atomic E-state index is 0.0907. The molecule has 2 aliphatic heterocycles. The Balaban J connectivity index is 1.52. The molecule has 0 radical (unpaired) electrons. The molecule has 2 heterocycles. The maximum Gasteiger partial charge on any atom is 0.199 e. The molecule has 23 heavy (non-hydrogen) atoms. The van der Waals surface area contributed by atoms with Crippen molar-refractivity contribution in [1.82, 2.24) is 26.7 Å². The second-order valence-corrected chi connectivity index (χ2v) is 5.42. The summed E-state index contributed by atoms with van der Waals surface area (Å²) in [5.41, 5.74) is 9.86. The Labute approximate surface area is 134 Å². The molecule has 0 amide bonds. The second-order valence-electron chi connectivity index (χ2n) is 5.42. The highest BCUT2D eigenvalue weighted by molar-refractivity contribution is 6.03. The van der Waals surface area contributed by atoms with Gasteiger partial charge in [0.25, 0.3) is 0 Å². The molecule has 9 nitrogen and oxygen atoms in total. The first-order chi connectivity index (χ1) is 11.2. The topological polar surface area (TPSA) is 123 Å². The van der Waals surface area contributed by atoms with Crippen molar-refractivity contribution in [2.75, 3.05) is 18.4 Å². The van der Waals surface area contributed by atoms with Crippen molar-refractivity contribution in [3.63, 3.8) is 0 Å². The van der Waals surface area contributed by atoms with Crippen LogP contribution in [0.5, 0.6) is 0 Å². The SMILES string of the molecule is N=C(NC(=N)N1CCCCC1)Nc1ccc(C2=NNNN2)cc1. The molecular weight excluding hydrogens is 294 g/mol. The van der Waals surface area contributed by atoms with Crippen LogP contribution in [0.3, 0.4) is 0 Å². The van der Waals surface area contributed by atoms with Crippen molar-refractivity contribution in [1.29, 1.82) is 10.8 Å². The van der Waals surface area contributed by atoms with Gasteiger partial charge in [-0.15, -0.1) is 10.6 Å². The molecule has 1 aromatic rings. The molecule has 2 aliphatic rings. The van der Waals surface area contributed by atoms with Gasteiger partial charge in [-0.25, -0.2) is 5.53 Å². The van der Waals surface area contributed by atoms with Crippen molar-refractivity contribution in [3.05, 3.63) is 29.8 Å². The number of nitrogens with one attached hydrogen (secondary N) is 7. The smallest absolute Gasteiger partial charge is 0.199 e. The zero-order chi connectivity index (χ0) is 16.1. The predicted molar refractivity (Wildman–Crippen MR) is 90.0 cm³/mol. The van der Waals surface area contributed by atoms with Crippen molar-refractivity contribution in [3.8, 4) is 0 Å². The first kappa shape index (κ1) is 15.1. The van der Waals surface area contributed by atoms with Gasteiger partial charge in [0, 0.05) is 24.3 Å². The molecule has 9 heteroatoms. The van der Waals surface area contributed by atoms with Crippen LogP contribution in [-0.4, -0.2) is 35.7 Å². The van der Waals surface area contributed by atoms with E-state index in [0.717, 1.165) is 37.2 Å². The van der Waals surface area contributed by atoms with Crippen LogP contribution in [0.25, 0.3) is 0 Å². The van der Waals surface area contributed by atoms with Crippen molar-refractivity contribution in [2.24, 2.45) is 5.10 Å². The van der Waals surface area contributed by atoms with E-state index in [1.165, 1.54) is 6.42 Å². The first-order valence-corrected chi connectivity index (χ1v) is 7.62. The number of benzene rings is 1. The number of anilines is 1. The van der Waals surface area contributed by atoms with E-state index in [9.17, 15) is 0 Å². The van der Waals surface area contributed by atoms with Gasteiger partial charge in [-0.3, -0.25) is 21.6 Å². The fourth-order valence-electron chi connectivity index (χ4n) is 2.54. The summed E-state index contributed by atoms with van der Waals surface area (Å²) in [6.07, 6.45) is 3.43. The zero-order valence-corrected chi connectivity index (χ0v) is 12.7. The summed E-state index contributed by atoms with van der Waals surface area (Å²) in [5.74, 6) is 1.07. The molecule has 0 unspecified atom stereocenters. The fraction of sp³-hybridized carbons (Fsp3) is 0.357. The molecule has 1 saturated heterocycles. The summed E-state index contributed by atoms with van der Waals surface area (Å²) in [4.78, 5) is 1.97. The van der Waals surface area contributed by atoms with Crippen LogP contribution in [0.15, 0.2) is 29.4 Å². The average Bonchev–Trinajstić information content (AvgIpc) is 3.11. The lowest BCUT2D eigenvalue weighted by atomic mass is 10.1. The van der Waals surface area contributed by atoms with Gasteiger partial charge in [-0.2, -0.15) is 0 Å². The highest BCUT2D eigenvalue weighted by Crippen LogP contribution is 2.10. The Kier molecular flexibility index (Phi) is 4.57. The number of hydrogen-bond acceptors (Lipinski definition) is 6. The fourth-order valence-corrected chi connectivity index (χ4v) is 2.54. The molecule has 1 fully saturated rings. The quantitative estimate of drug-likeness (QED) is 0.311. The number of nitrogens with zero attached hydrogens (tertiary/aromatic N) is 2. The van der Waals surface area contributed by atoms with Crippen LogP contribution in [0.1, 0.15) is 24.8 Å². The summed E-state index contributed by atoms with van der Waals surface area (Å²) >= 11 is 0. The minimum absolute atomic E-state index is 0.0907. The van der Waals surface area contributed by atoms with Gasteiger partial charge < -0.3 is 10.2 Å². The van der Waals surface area contributed by atoms with Crippen LogP contribution < -0.4 is 27.1 Å². The van der Waals surface area contributed by atoms with E-state index in [-0.39, 0.29) is 11.9 Å². The van der Waals surface area contributed by atoms with Crippen LogP contribution in [0, 0.1) is 10.8 Å². The monoisotopic (exact) mass is 315 g/mol. The van der Waals surface area contributed by atoms with Crippen LogP contribution in [-0.2, 0) is 0 Å². The molecule has 0 saturated carbocycles. The highest BCUT2D eigenvalue weighted by Gasteiger charge is 2.14. The van der Waals surface area contributed by atoms with Gasteiger partial charge in [0.2, 0.25) is 0 Å². The number of piperidine rings is 1. The lowest BCUT2D eigenvalue weighted by Gasteiger charge is -2.29. The van der Waals surface area contributed by atoms with Gasteiger partial charge in [-0.1, -0.05) is 0 Å². The average molecular weight is 315 g/mol. The summed E-state index contributed by atoms with van der Waals surface area (Å²) in [6, 6.07) is 7.51. The van der Waals surface area contributed by atoms with Gasteiger partial charge in [0.15, 0.2) is 17.8 Å². The first-order valence-electron chi connectivity index (χ1n) is 7.62. The molecule has 0 aromatic heterocycles. The number of likely N-dealkylation sites (tertiary alicyclic amines) is 1. The Morgan fingerprint density at radius 2 is 1.83 bits per heavy atom. The Hall–Kier alpha value is -2.81. The standard InChI is InChI=1S/C14H21N9/c15-13(18-14(16)23-8-2-1-3-9-23)17-11-6-4-10(5-7-11)12-19-21-22-20-12/h4-7,21-22H,1-3,8-9H2,(H,19,20)(H4,15,16,17,18). The molecule has 0 bridgehead atoms. The Morgan fingerprint density at radius 1 is 1.09 bits per heavy atom. The van der Waals surface area contributed by atoms with E-state index in [0.29, 0.717) is 5.84 Å². The third-order valence-corrected chi connectivity index (χ3v) is 3.75. The molecule has 0 spiro atoms. The molecule has 7 N–H and O–H groups in total. The van der Waals surface area contributed by atoms with E-state index in [2.05, 4.69) is 32.2 Å². The molecule has 1 aromatic carbocycles. The van der Waals surface area contributed by atoms with E-state index in [1.807, 2.05) is 29.2 Å². The largest absolute Gasteiger partial charge is 0.343 e. The molecular formula is C14H21N9. The van der Waals surface area contributed by atoms with E-state index >= 15 is 0 Å². The number of guanidine groups is 2. The number of rotatable bonds is 2. The second kappa shape index (κ2) is 6.97. The van der Waals surface area contributed by atoms with Crippen molar-refractivity contribution < 1.29 is 0 Å². The minimum Gasteiger partial charge on any atom is -0.343 e. The van der Waals surface area contributed by atoms with Crippen LogP contribution in [0.2, 0.25) is 0 Å². The third-order valence-electron chi connectivity index (χ3n) is 3.75. The normalized spacial score (nSPS) is 16.9. The number of hydrazine groups is 2. The lowest BCUT2D eigenvalue weighted by Crippen LogP contribution is -2.47. The van der Waals surface area contributed by atoms with Gasteiger partial charge >= 0.3 is 0 Å². The van der Waals surface area contributed by atoms with Gasteiger partial charge in [0.05, 0.1) is 0 Å². The summed E-state index contributed by atoms with van der Waals surface area (Å²) in [7, 11) is 0. The van der Waals surface area contributed by atoms with E-state index in [4.69, 9.17) is 10.8 Å². The highest BCUT2D eigenvalue weighted by atomic mass is 15.8. The van der Waals surface area contributed by atoms with Gasteiger partial charge in [-0.05, 0) is 43.5 Å². The summed E-state index contributed by atoms with van der Waals surface area (Å²) in [6.45, 7) is 1.76. The van der Waals surface area contributed by atoms with Crippen molar-refractivity contribution >= 4 is 23.4 Å². The van der Waals surface area contributed by atoms with Crippen LogP contribution >= 0.6 is 0 Å². The predicted octanol–water partition coefficient (Wildman–Crippen LogP) is 0.318. The maximum absolute atomic E-state index is 8.02. The molecule has 0 aliphatic carbocycles. The number of hydrogen-bond donors (Lipinski definition) is 7. The number of hydrazone groups is 1. The Morgan fingerprint density at radius 3 is 2.48 bits per heavy atom. The maximum atomic E-state index is 8.02. The summed E-state index contributed by atoms with van der Waals surface area (Å²) in [5, 5.41) is 25.7. The molecule has 3 rings (SSSR count). The van der Waals surface area contributed by atoms with Crippen LogP contribution in [0.4, 0.5) is 5.69 Å². The Bertz CT molecular complexity index is 601. The van der Waals surface area contributed by atoms with Crippen molar-refractivity contribution in [2.45, 2.75) is 19.3 Å². The summed E-state index contributed by atoms with van der Waals surface area (Å²) < 4.78 is 0. The zero-order valence-electron chi connectivity index (χ0n) is 12.7. The van der Waals surface area contributed by atoms with Gasteiger partial charge in [0.1, 0.15) is 0 Å². The third kappa shape index (κ3) is 3.89. The number of amidine groups is 1.